The molecule has 7 nitrogen and oxygen atoms in total. The molecule has 0 atom stereocenters. The van der Waals surface area contributed by atoms with Crippen LogP contribution in [0.5, 0.6) is 11.5 Å². The average molecular weight is 621 g/mol. The second-order valence-electron chi connectivity index (χ2n) is 8.34. The minimum atomic E-state index is -0.537. The molecule has 0 bridgehead atoms. The molecule has 0 spiro atoms. The van der Waals surface area contributed by atoms with Crippen LogP contribution in [0.15, 0.2) is 75.2 Å². The Hall–Kier alpha value is -3.77. The molecule has 0 aliphatic carbocycles. The summed E-state index contributed by atoms with van der Waals surface area (Å²) in [6.45, 7) is 1.35. The first kappa shape index (κ1) is 29.2. The van der Waals surface area contributed by atoms with E-state index in [9.17, 15) is 8.78 Å². The van der Waals surface area contributed by atoms with Crippen molar-refractivity contribution in [1.82, 2.24) is 9.97 Å². The van der Waals surface area contributed by atoms with Crippen LogP contribution in [0, 0.1) is 11.9 Å². The number of thiol groups is 1. The van der Waals surface area contributed by atoms with Gasteiger partial charge in [-0.05, 0) is 68.0 Å². The number of aromatic nitrogens is 2. The topological polar surface area (TPSA) is 81.3 Å². The van der Waals surface area contributed by atoms with Crippen molar-refractivity contribution in [3.63, 3.8) is 0 Å². The van der Waals surface area contributed by atoms with Crippen LogP contribution in [0.25, 0.3) is 22.3 Å². The zero-order valence-electron chi connectivity index (χ0n) is 21.5. The number of rotatable bonds is 4. The molecule has 0 unspecified atom stereocenters. The molecule has 2 aromatic carbocycles. The van der Waals surface area contributed by atoms with Gasteiger partial charge in [-0.3, -0.25) is 9.98 Å². The number of nitrogens with zero attached hydrogens (tertiary/aromatic N) is 5. The van der Waals surface area contributed by atoms with Crippen molar-refractivity contribution >= 4 is 47.2 Å². The maximum absolute atomic E-state index is 13.9. The summed E-state index contributed by atoms with van der Waals surface area (Å²) < 4.78 is 41.7. The zero-order valence-corrected chi connectivity index (χ0v) is 24.0. The number of methoxy groups -OCH3 is 2. The summed E-state index contributed by atoms with van der Waals surface area (Å²) in [6, 6.07) is 14.8. The number of benzene rings is 2. The number of hydrogen-bond donors (Lipinski definition) is 1. The van der Waals surface area contributed by atoms with Gasteiger partial charge < -0.3 is 9.47 Å². The molecular weight excluding hydrogens is 599 g/mol. The van der Waals surface area contributed by atoms with E-state index in [2.05, 4.69) is 60.6 Å². The first-order valence-electron chi connectivity index (χ1n) is 11.8. The van der Waals surface area contributed by atoms with Crippen molar-refractivity contribution in [2.24, 2.45) is 14.3 Å². The van der Waals surface area contributed by atoms with E-state index >= 15 is 0 Å². The quantitative estimate of drug-likeness (QED) is 0.159. The van der Waals surface area contributed by atoms with Crippen molar-refractivity contribution in [1.29, 1.82) is 0 Å². The number of hydrogen-bond acceptors (Lipinski definition) is 8. The Morgan fingerprint density at radius 2 is 1.40 bits per heavy atom. The van der Waals surface area contributed by atoms with Gasteiger partial charge in [-0.2, -0.15) is 8.78 Å². The molecular formula is C28H22BBrF2N5O2S. The summed E-state index contributed by atoms with van der Waals surface area (Å²) in [6.07, 6.45) is 4.59. The minimum absolute atomic E-state index is 0.375. The fraction of sp³-hybridized carbons (Fsp3) is 0.143. The van der Waals surface area contributed by atoms with Crippen LogP contribution in [0.2, 0.25) is 0 Å². The molecule has 4 heterocycles. The van der Waals surface area contributed by atoms with Gasteiger partial charge in [-0.15, -0.1) is 0 Å². The van der Waals surface area contributed by atoms with Gasteiger partial charge in [-0.1, -0.05) is 24.3 Å². The van der Waals surface area contributed by atoms with E-state index in [1.165, 1.54) is 26.6 Å². The van der Waals surface area contributed by atoms with Crippen molar-refractivity contribution in [3.05, 3.63) is 95.1 Å². The summed E-state index contributed by atoms with van der Waals surface area (Å²) in [5.41, 5.74) is 6.55. The number of fused-ring (bicyclic) bond motifs is 2. The van der Waals surface area contributed by atoms with Gasteiger partial charge >= 0.3 is 24.8 Å². The molecule has 0 saturated heterocycles. The van der Waals surface area contributed by atoms with Gasteiger partial charge in [0.15, 0.2) is 0 Å². The van der Waals surface area contributed by atoms with E-state index in [4.69, 9.17) is 9.47 Å². The molecule has 2 aromatic heterocycles. The summed E-state index contributed by atoms with van der Waals surface area (Å²) >= 11 is 6.60. The molecule has 2 aliphatic heterocycles. The Kier molecular flexibility index (Phi) is 9.89. The van der Waals surface area contributed by atoms with Gasteiger partial charge in [0, 0.05) is 24.2 Å². The Balaban J connectivity index is 0.000000169. The SMILES string of the molecule is COc1ccnc(F)c1-c1ccc2c(c1)C(Br)=NC2.COc1ccnc(F)c1-c1ccc2c(c1)C=NC2.[B]=NS. The van der Waals surface area contributed by atoms with E-state index in [1.807, 2.05) is 36.4 Å². The van der Waals surface area contributed by atoms with Crippen molar-refractivity contribution in [2.45, 2.75) is 13.1 Å². The Morgan fingerprint density at radius 1 is 0.850 bits per heavy atom. The molecule has 0 fully saturated rings. The molecule has 0 saturated carbocycles. The van der Waals surface area contributed by atoms with Crippen LogP contribution < -0.4 is 9.47 Å². The Bertz CT molecular complexity index is 1620. The van der Waals surface area contributed by atoms with Crippen LogP contribution in [-0.4, -0.2) is 42.7 Å². The van der Waals surface area contributed by atoms with Gasteiger partial charge in [-0.25, -0.2) is 9.97 Å². The number of ether oxygens (including phenoxy) is 2. The monoisotopic (exact) mass is 620 g/mol. The Labute approximate surface area is 245 Å². The molecule has 4 aromatic rings. The maximum atomic E-state index is 13.9. The van der Waals surface area contributed by atoms with E-state index in [0.717, 1.165) is 38.0 Å². The van der Waals surface area contributed by atoms with Crippen LogP contribution in [-0.2, 0) is 13.1 Å². The molecule has 12 heteroatoms. The fourth-order valence-electron chi connectivity index (χ4n) is 4.26. The molecule has 201 valence electrons. The summed E-state index contributed by atoms with van der Waals surface area (Å²) in [5, 5.41) is 0. The van der Waals surface area contributed by atoms with Crippen molar-refractivity contribution in [2.75, 3.05) is 14.2 Å². The van der Waals surface area contributed by atoms with Gasteiger partial charge in [0.2, 0.25) is 11.9 Å². The predicted molar refractivity (Wildman–Crippen MR) is 160 cm³/mol. The molecule has 0 N–H and O–H groups in total. The van der Waals surface area contributed by atoms with Gasteiger partial charge in [0.25, 0.3) is 0 Å². The predicted octanol–water partition coefficient (Wildman–Crippen LogP) is 6.56. The molecule has 6 rings (SSSR count). The third-order valence-corrected chi connectivity index (χ3v) is 6.79. The van der Waals surface area contributed by atoms with E-state index in [1.54, 1.807) is 18.3 Å². The number of aliphatic imine (C=N–C) groups is 2. The summed E-state index contributed by atoms with van der Waals surface area (Å²) in [5.74, 6) is -0.106. The zero-order chi connectivity index (χ0) is 28.6. The third-order valence-electron chi connectivity index (χ3n) is 6.11. The average Bonchev–Trinajstić information content (AvgIpc) is 3.59. The van der Waals surface area contributed by atoms with Gasteiger partial charge in [0.05, 0.1) is 38.4 Å². The molecule has 0 amide bonds. The van der Waals surface area contributed by atoms with E-state index in [0.29, 0.717) is 35.7 Å². The molecule has 1 radical (unpaired) electrons. The van der Waals surface area contributed by atoms with Crippen molar-refractivity contribution < 1.29 is 18.3 Å². The molecule has 40 heavy (non-hydrogen) atoms. The number of pyridine rings is 2. The standard InChI is InChI=1S/C14H10BrFN2O.C14H11FN2O.BHNS/c1-19-11-4-5-17-14(16)12(11)8-2-3-9-7-18-13(15)10(9)6-8;1-18-12-4-5-17-14(15)13(12)9-2-3-10-7-16-8-11(10)6-9;1-2-3/h2-6H,7H2,1H3;2-6,8H,7H2,1H3;3H. The summed E-state index contributed by atoms with van der Waals surface area (Å²) in [7, 11) is 7.37. The van der Waals surface area contributed by atoms with Crippen LogP contribution in [0.3, 0.4) is 0 Å². The third kappa shape index (κ3) is 6.34. The second kappa shape index (κ2) is 13.5. The first-order chi connectivity index (χ1) is 19.4. The van der Waals surface area contributed by atoms with Gasteiger partial charge in [0.1, 0.15) is 16.1 Å². The van der Waals surface area contributed by atoms with Crippen LogP contribution in [0.4, 0.5) is 8.78 Å². The molecule has 2 aliphatic rings. The van der Waals surface area contributed by atoms with Crippen LogP contribution in [0.1, 0.15) is 22.3 Å². The van der Waals surface area contributed by atoms with Crippen LogP contribution >= 0.6 is 28.7 Å². The Morgan fingerprint density at radius 3 is 1.98 bits per heavy atom. The second-order valence-corrected chi connectivity index (χ2v) is 9.32. The fourth-order valence-corrected chi connectivity index (χ4v) is 4.76. The number of halogens is 3. The first-order valence-corrected chi connectivity index (χ1v) is 13.0. The van der Waals surface area contributed by atoms with Crippen molar-refractivity contribution in [3.8, 4) is 33.8 Å². The van der Waals surface area contributed by atoms with E-state index < -0.39 is 11.9 Å². The van der Waals surface area contributed by atoms with E-state index in [-0.39, 0.29) is 0 Å². The summed E-state index contributed by atoms with van der Waals surface area (Å²) in [4.78, 5) is 15.8. The normalized spacial score (nSPS) is 12.2.